The maximum absolute atomic E-state index is 5.59. The summed E-state index contributed by atoms with van der Waals surface area (Å²) in [6.45, 7) is 0. The highest BCUT2D eigenvalue weighted by molar-refractivity contribution is 14.1. The van der Waals surface area contributed by atoms with E-state index in [0.717, 1.165) is 31.8 Å². The Kier molecular flexibility index (Phi) is 4.86. The Bertz CT molecular complexity index is 813. The molecule has 23 heavy (non-hydrogen) atoms. The summed E-state index contributed by atoms with van der Waals surface area (Å²) in [6, 6.07) is 22.7. The number of benzene rings is 3. The largest absolute Gasteiger partial charge is 0.497 e. The molecule has 0 saturated carbocycles. The van der Waals surface area contributed by atoms with Gasteiger partial charge in [0.2, 0.25) is 0 Å². The average molecular weight is 416 g/mol. The molecule has 3 aromatic rings. The summed E-state index contributed by atoms with van der Waals surface area (Å²) in [5, 5.41) is 0. The zero-order valence-electron chi connectivity index (χ0n) is 13.0. The molecule has 0 amide bonds. The Morgan fingerprint density at radius 3 is 2.13 bits per heavy atom. The van der Waals surface area contributed by atoms with Gasteiger partial charge >= 0.3 is 0 Å². The molecule has 0 aliphatic heterocycles. The minimum absolute atomic E-state index is 0.849. The fourth-order valence-electron chi connectivity index (χ4n) is 2.54. The van der Waals surface area contributed by atoms with Crippen molar-refractivity contribution < 1.29 is 9.47 Å². The van der Waals surface area contributed by atoms with Crippen molar-refractivity contribution >= 4 is 22.6 Å². The summed E-state index contributed by atoms with van der Waals surface area (Å²) in [5.41, 5.74) is 4.57. The highest BCUT2D eigenvalue weighted by Crippen LogP contribution is 2.37. The van der Waals surface area contributed by atoms with Crippen molar-refractivity contribution in [3.05, 3.63) is 70.3 Å². The van der Waals surface area contributed by atoms with Crippen LogP contribution in [0.25, 0.3) is 22.3 Å². The van der Waals surface area contributed by atoms with Crippen LogP contribution in [0.5, 0.6) is 11.5 Å². The van der Waals surface area contributed by atoms with E-state index in [2.05, 4.69) is 52.9 Å². The predicted octanol–water partition coefficient (Wildman–Crippen LogP) is 5.64. The number of ether oxygens (including phenoxy) is 2. The van der Waals surface area contributed by atoms with Crippen LogP contribution in [0.2, 0.25) is 0 Å². The number of hydrogen-bond acceptors (Lipinski definition) is 2. The first-order valence-corrected chi connectivity index (χ1v) is 8.38. The van der Waals surface area contributed by atoms with E-state index in [-0.39, 0.29) is 0 Å². The minimum Gasteiger partial charge on any atom is -0.497 e. The zero-order valence-corrected chi connectivity index (χ0v) is 15.2. The number of methoxy groups -OCH3 is 2. The van der Waals surface area contributed by atoms with Crippen molar-refractivity contribution in [2.75, 3.05) is 14.2 Å². The van der Waals surface area contributed by atoms with Gasteiger partial charge in [-0.2, -0.15) is 0 Å². The van der Waals surface area contributed by atoms with Crippen molar-refractivity contribution in [3.8, 4) is 33.8 Å². The minimum atomic E-state index is 0.849. The molecule has 0 aromatic heterocycles. The van der Waals surface area contributed by atoms with Crippen LogP contribution >= 0.6 is 22.6 Å². The highest BCUT2D eigenvalue weighted by atomic mass is 127. The Hall–Kier alpha value is -2.01. The first kappa shape index (κ1) is 15.9. The lowest BCUT2D eigenvalue weighted by atomic mass is 9.98. The SMILES string of the molecule is COc1cccc(-c2cc(-c3ccccc3)cc(OC)c2I)c1. The fraction of sp³-hybridized carbons (Fsp3) is 0.100. The second-order valence-corrected chi connectivity index (χ2v) is 6.22. The molecule has 0 N–H and O–H groups in total. The van der Waals surface area contributed by atoms with E-state index in [1.54, 1.807) is 14.2 Å². The second kappa shape index (κ2) is 7.04. The normalized spacial score (nSPS) is 10.4. The lowest BCUT2D eigenvalue weighted by Gasteiger charge is -2.14. The molecular formula is C20H17IO2. The van der Waals surface area contributed by atoms with Gasteiger partial charge in [0, 0.05) is 0 Å². The van der Waals surface area contributed by atoms with Gasteiger partial charge in [-0.15, -0.1) is 0 Å². The zero-order chi connectivity index (χ0) is 16.2. The molecule has 0 heterocycles. The summed E-state index contributed by atoms with van der Waals surface area (Å²) >= 11 is 2.34. The van der Waals surface area contributed by atoms with Crippen LogP contribution in [-0.2, 0) is 0 Å². The fourth-order valence-corrected chi connectivity index (χ4v) is 3.39. The van der Waals surface area contributed by atoms with Gasteiger partial charge in [0.15, 0.2) is 0 Å². The molecule has 116 valence electrons. The van der Waals surface area contributed by atoms with Gasteiger partial charge in [-0.1, -0.05) is 42.5 Å². The van der Waals surface area contributed by atoms with Crippen molar-refractivity contribution in [1.82, 2.24) is 0 Å². The van der Waals surface area contributed by atoms with Crippen molar-refractivity contribution in [3.63, 3.8) is 0 Å². The van der Waals surface area contributed by atoms with E-state index in [0.29, 0.717) is 0 Å². The summed E-state index contributed by atoms with van der Waals surface area (Å²) in [6.07, 6.45) is 0. The van der Waals surface area contributed by atoms with Gasteiger partial charge in [0.1, 0.15) is 11.5 Å². The molecule has 3 heteroatoms. The van der Waals surface area contributed by atoms with E-state index >= 15 is 0 Å². The second-order valence-electron chi connectivity index (χ2n) is 5.14. The van der Waals surface area contributed by atoms with Crippen molar-refractivity contribution in [1.29, 1.82) is 0 Å². The van der Waals surface area contributed by atoms with Gasteiger partial charge in [-0.25, -0.2) is 0 Å². The van der Waals surface area contributed by atoms with Crippen LogP contribution in [0.3, 0.4) is 0 Å². The maximum atomic E-state index is 5.59. The predicted molar refractivity (Wildman–Crippen MR) is 103 cm³/mol. The smallest absolute Gasteiger partial charge is 0.133 e. The third kappa shape index (κ3) is 3.34. The van der Waals surface area contributed by atoms with Crippen LogP contribution < -0.4 is 9.47 Å². The molecule has 0 fully saturated rings. The van der Waals surface area contributed by atoms with Crippen LogP contribution in [0.1, 0.15) is 0 Å². The van der Waals surface area contributed by atoms with Gasteiger partial charge in [0.25, 0.3) is 0 Å². The maximum Gasteiger partial charge on any atom is 0.133 e. The Balaban J connectivity index is 2.19. The van der Waals surface area contributed by atoms with E-state index in [4.69, 9.17) is 9.47 Å². The number of hydrogen-bond donors (Lipinski definition) is 0. The molecule has 0 spiro atoms. The van der Waals surface area contributed by atoms with E-state index in [9.17, 15) is 0 Å². The van der Waals surface area contributed by atoms with E-state index in [1.807, 2.05) is 36.4 Å². The quantitative estimate of drug-likeness (QED) is 0.513. The summed E-state index contributed by atoms with van der Waals surface area (Å²) in [5.74, 6) is 1.73. The third-order valence-electron chi connectivity index (χ3n) is 3.75. The molecule has 0 unspecified atom stereocenters. The molecule has 0 bridgehead atoms. The van der Waals surface area contributed by atoms with Gasteiger partial charge < -0.3 is 9.47 Å². The van der Waals surface area contributed by atoms with E-state index < -0.39 is 0 Å². The molecule has 2 nitrogen and oxygen atoms in total. The number of halogens is 1. The molecule has 0 aliphatic carbocycles. The molecule has 0 atom stereocenters. The van der Waals surface area contributed by atoms with Gasteiger partial charge in [-0.3, -0.25) is 0 Å². The third-order valence-corrected chi connectivity index (χ3v) is 4.86. The summed E-state index contributed by atoms with van der Waals surface area (Å²) in [4.78, 5) is 0. The lowest BCUT2D eigenvalue weighted by molar-refractivity contribution is 0.412. The van der Waals surface area contributed by atoms with Crippen LogP contribution in [0.15, 0.2) is 66.7 Å². The molecule has 0 radical (unpaired) electrons. The Morgan fingerprint density at radius 1 is 0.696 bits per heavy atom. The van der Waals surface area contributed by atoms with Crippen molar-refractivity contribution in [2.45, 2.75) is 0 Å². The van der Waals surface area contributed by atoms with Crippen LogP contribution in [-0.4, -0.2) is 14.2 Å². The van der Waals surface area contributed by atoms with Gasteiger partial charge in [0.05, 0.1) is 17.8 Å². The highest BCUT2D eigenvalue weighted by Gasteiger charge is 2.12. The van der Waals surface area contributed by atoms with E-state index in [1.165, 1.54) is 5.56 Å². The first-order valence-electron chi connectivity index (χ1n) is 7.30. The van der Waals surface area contributed by atoms with Crippen molar-refractivity contribution in [2.24, 2.45) is 0 Å². The van der Waals surface area contributed by atoms with Gasteiger partial charge in [-0.05, 0) is 69.1 Å². The molecule has 3 rings (SSSR count). The Labute approximate surface area is 150 Å². The molecule has 0 saturated heterocycles. The molecular weight excluding hydrogens is 399 g/mol. The molecule has 3 aromatic carbocycles. The topological polar surface area (TPSA) is 18.5 Å². The monoisotopic (exact) mass is 416 g/mol. The lowest BCUT2D eigenvalue weighted by Crippen LogP contribution is -1.93. The van der Waals surface area contributed by atoms with Crippen LogP contribution in [0, 0.1) is 3.57 Å². The summed E-state index contributed by atoms with van der Waals surface area (Å²) in [7, 11) is 3.40. The number of rotatable bonds is 4. The Morgan fingerprint density at radius 2 is 1.43 bits per heavy atom. The first-order chi connectivity index (χ1) is 11.2. The summed E-state index contributed by atoms with van der Waals surface area (Å²) < 4.78 is 12.0. The van der Waals surface area contributed by atoms with Crippen LogP contribution in [0.4, 0.5) is 0 Å². The molecule has 0 aliphatic rings. The average Bonchev–Trinajstić information content (AvgIpc) is 2.62. The standard InChI is InChI=1S/C20H17IO2/c1-22-17-10-6-9-15(11-17)18-12-16(13-19(23-2)20(18)21)14-7-4-3-5-8-14/h3-13H,1-2H3.